The Morgan fingerprint density at radius 1 is 1.00 bits per heavy atom. The summed E-state index contributed by atoms with van der Waals surface area (Å²) in [6.07, 6.45) is 5.03. The lowest BCUT2D eigenvalue weighted by Gasteiger charge is -2.26. The molecule has 0 fully saturated rings. The number of aliphatic carboxylic acids is 1. The summed E-state index contributed by atoms with van der Waals surface area (Å²) in [6.45, 7) is 5.18. The first-order chi connectivity index (χ1) is 13.8. The van der Waals surface area contributed by atoms with Gasteiger partial charge in [0.05, 0.1) is 16.5 Å². The Labute approximate surface area is 182 Å². The van der Waals surface area contributed by atoms with E-state index in [9.17, 15) is 19.5 Å². The van der Waals surface area contributed by atoms with E-state index in [1.54, 1.807) is 11.0 Å². The Kier molecular flexibility index (Phi) is 11.7. The number of carbonyl (C=O) groups is 3. The van der Waals surface area contributed by atoms with E-state index in [1.165, 1.54) is 12.1 Å². The number of carboxylic acids is 1. The van der Waals surface area contributed by atoms with Crippen molar-refractivity contribution in [3.8, 4) is 0 Å². The summed E-state index contributed by atoms with van der Waals surface area (Å²) >= 11 is 11.8. The predicted octanol–water partition coefficient (Wildman–Crippen LogP) is 5.23. The van der Waals surface area contributed by atoms with Gasteiger partial charge in [-0.2, -0.15) is 0 Å². The van der Waals surface area contributed by atoms with Gasteiger partial charge in [-0.25, -0.2) is 0 Å². The topological polar surface area (TPSA) is 86.7 Å². The maximum absolute atomic E-state index is 13.1. The van der Waals surface area contributed by atoms with Crippen molar-refractivity contribution in [2.24, 2.45) is 5.92 Å². The summed E-state index contributed by atoms with van der Waals surface area (Å²) in [6, 6.07) is 4.54. The fraction of sp³-hybridized carbons (Fsp3) is 0.571. The number of carboxylic acid groups (broad SMARTS) is 1. The van der Waals surface area contributed by atoms with Crippen molar-refractivity contribution in [1.82, 2.24) is 4.90 Å². The molecule has 0 aliphatic heterocycles. The van der Waals surface area contributed by atoms with Crippen LogP contribution in [0.1, 0.15) is 58.8 Å². The molecule has 2 N–H and O–H groups in total. The molecule has 0 saturated carbocycles. The number of unbranched alkanes of at least 4 members (excludes halogenated alkanes) is 4. The molecule has 1 unspecified atom stereocenters. The largest absolute Gasteiger partial charge is 0.481 e. The summed E-state index contributed by atoms with van der Waals surface area (Å²) < 4.78 is 0. The third-order valence-electron chi connectivity index (χ3n) is 4.56. The SMILES string of the molecule is CCCCCN(CCCCC)C(=O)C(CC(=O)O)C(=O)Nc1ccc(Cl)c(Cl)c1. The van der Waals surface area contributed by atoms with Gasteiger partial charge in [0.15, 0.2) is 0 Å². The van der Waals surface area contributed by atoms with Gasteiger partial charge >= 0.3 is 5.97 Å². The molecule has 6 nitrogen and oxygen atoms in total. The van der Waals surface area contributed by atoms with Gasteiger partial charge in [-0.05, 0) is 31.0 Å². The second-order valence-electron chi connectivity index (χ2n) is 7.01. The molecule has 0 spiro atoms. The highest BCUT2D eigenvalue weighted by Gasteiger charge is 2.32. The van der Waals surface area contributed by atoms with E-state index in [4.69, 9.17) is 23.2 Å². The minimum Gasteiger partial charge on any atom is -0.481 e. The third kappa shape index (κ3) is 9.05. The van der Waals surface area contributed by atoms with Gasteiger partial charge in [-0.15, -0.1) is 0 Å². The van der Waals surface area contributed by atoms with Crippen molar-refractivity contribution in [2.75, 3.05) is 18.4 Å². The molecule has 8 heteroatoms. The van der Waals surface area contributed by atoms with Crippen molar-refractivity contribution in [3.63, 3.8) is 0 Å². The van der Waals surface area contributed by atoms with Crippen LogP contribution in [0.5, 0.6) is 0 Å². The zero-order valence-corrected chi connectivity index (χ0v) is 18.6. The van der Waals surface area contributed by atoms with Crippen LogP contribution in [-0.2, 0) is 14.4 Å². The molecule has 0 aliphatic carbocycles. The molecule has 162 valence electrons. The Hall–Kier alpha value is -1.79. The Balaban J connectivity index is 2.96. The number of carbonyl (C=O) groups excluding carboxylic acids is 2. The number of anilines is 1. The van der Waals surface area contributed by atoms with E-state index >= 15 is 0 Å². The molecule has 29 heavy (non-hydrogen) atoms. The van der Waals surface area contributed by atoms with Crippen molar-refractivity contribution >= 4 is 46.7 Å². The van der Waals surface area contributed by atoms with E-state index < -0.39 is 30.1 Å². The zero-order valence-electron chi connectivity index (χ0n) is 17.0. The molecule has 2 amide bonds. The molecule has 1 rings (SSSR count). The van der Waals surface area contributed by atoms with Crippen molar-refractivity contribution in [2.45, 2.75) is 58.8 Å². The summed E-state index contributed by atoms with van der Waals surface area (Å²) in [5, 5.41) is 12.4. The summed E-state index contributed by atoms with van der Waals surface area (Å²) in [5.74, 6) is -3.61. The molecule has 0 aliphatic rings. The van der Waals surface area contributed by atoms with E-state index in [1.807, 2.05) is 0 Å². The van der Waals surface area contributed by atoms with Gasteiger partial charge in [-0.3, -0.25) is 14.4 Å². The molecule has 1 aromatic rings. The molecular weight excluding hydrogens is 415 g/mol. The first-order valence-electron chi connectivity index (χ1n) is 10.1. The highest BCUT2D eigenvalue weighted by atomic mass is 35.5. The number of benzene rings is 1. The van der Waals surface area contributed by atoms with Crippen LogP contribution in [0.25, 0.3) is 0 Å². The van der Waals surface area contributed by atoms with Crippen LogP contribution in [0.15, 0.2) is 18.2 Å². The normalized spacial score (nSPS) is 11.7. The van der Waals surface area contributed by atoms with E-state index in [-0.39, 0.29) is 5.02 Å². The fourth-order valence-corrected chi connectivity index (χ4v) is 3.23. The van der Waals surface area contributed by atoms with Gasteiger partial charge in [0, 0.05) is 18.8 Å². The summed E-state index contributed by atoms with van der Waals surface area (Å²) in [4.78, 5) is 38.8. The number of halogens is 2. The number of nitrogens with one attached hydrogen (secondary N) is 1. The third-order valence-corrected chi connectivity index (χ3v) is 5.29. The minimum absolute atomic E-state index is 0.256. The highest BCUT2D eigenvalue weighted by molar-refractivity contribution is 6.42. The second-order valence-corrected chi connectivity index (χ2v) is 7.82. The predicted molar refractivity (Wildman–Crippen MR) is 116 cm³/mol. The average Bonchev–Trinajstić information content (AvgIpc) is 2.67. The average molecular weight is 445 g/mol. The molecule has 0 heterocycles. The lowest BCUT2D eigenvalue weighted by molar-refractivity contribution is -0.148. The Bertz CT molecular complexity index is 687. The van der Waals surface area contributed by atoms with Crippen LogP contribution in [0.3, 0.4) is 0 Å². The molecule has 0 bridgehead atoms. The lowest BCUT2D eigenvalue weighted by atomic mass is 10.0. The van der Waals surface area contributed by atoms with E-state index in [0.717, 1.165) is 38.5 Å². The van der Waals surface area contributed by atoms with Crippen LogP contribution in [-0.4, -0.2) is 40.9 Å². The fourth-order valence-electron chi connectivity index (χ4n) is 2.93. The number of hydrogen-bond acceptors (Lipinski definition) is 3. The summed E-state index contributed by atoms with van der Waals surface area (Å²) in [5.41, 5.74) is 0.358. The molecule has 1 atom stereocenters. The van der Waals surface area contributed by atoms with Crippen LogP contribution >= 0.6 is 23.2 Å². The number of amides is 2. The summed E-state index contributed by atoms with van der Waals surface area (Å²) in [7, 11) is 0. The zero-order chi connectivity index (χ0) is 21.8. The molecule has 1 aromatic carbocycles. The number of rotatable bonds is 13. The van der Waals surface area contributed by atoms with Crippen LogP contribution in [0.4, 0.5) is 5.69 Å². The number of nitrogens with zero attached hydrogens (tertiary/aromatic N) is 1. The first-order valence-corrected chi connectivity index (χ1v) is 10.8. The second kappa shape index (κ2) is 13.4. The van der Waals surface area contributed by atoms with Gasteiger partial charge in [0.25, 0.3) is 0 Å². The molecular formula is C21H30Cl2N2O4. The smallest absolute Gasteiger partial charge is 0.304 e. The van der Waals surface area contributed by atoms with Gasteiger partial charge < -0.3 is 15.3 Å². The minimum atomic E-state index is -1.30. The molecule has 0 aromatic heterocycles. The highest BCUT2D eigenvalue weighted by Crippen LogP contribution is 2.25. The van der Waals surface area contributed by atoms with Crippen LogP contribution in [0.2, 0.25) is 10.0 Å². The van der Waals surface area contributed by atoms with Crippen LogP contribution in [0, 0.1) is 5.92 Å². The van der Waals surface area contributed by atoms with Crippen molar-refractivity contribution in [1.29, 1.82) is 0 Å². The van der Waals surface area contributed by atoms with Crippen LogP contribution < -0.4 is 5.32 Å². The lowest BCUT2D eigenvalue weighted by Crippen LogP contribution is -2.43. The molecule has 0 radical (unpaired) electrons. The van der Waals surface area contributed by atoms with Gasteiger partial charge in [-0.1, -0.05) is 62.7 Å². The monoisotopic (exact) mass is 444 g/mol. The van der Waals surface area contributed by atoms with Gasteiger partial charge in [0.2, 0.25) is 11.8 Å². The maximum Gasteiger partial charge on any atom is 0.304 e. The van der Waals surface area contributed by atoms with E-state index in [0.29, 0.717) is 23.8 Å². The van der Waals surface area contributed by atoms with Crippen molar-refractivity contribution in [3.05, 3.63) is 28.2 Å². The van der Waals surface area contributed by atoms with Crippen molar-refractivity contribution < 1.29 is 19.5 Å². The maximum atomic E-state index is 13.1. The number of hydrogen-bond donors (Lipinski definition) is 2. The Morgan fingerprint density at radius 2 is 1.59 bits per heavy atom. The standard InChI is InChI=1S/C21H30Cl2N2O4/c1-3-5-7-11-25(12-8-6-4-2)21(29)16(14-19(26)27)20(28)24-15-9-10-17(22)18(23)13-15/h9-10,13,16H,3-8,11-12,14H2,1-2H3,(H,24,28)(H,26,27). The first kappa shape index (κ1) is 25.2. The van der Waals surface area contributed by atoms with E-state index in [2.05, 4.69) is 19.2 Å². The molecule has 0 saturated heterocycles. The Morgan fingerprint density at radius 3 is 2.07 bits per heavy atom. The quantitative estimate of drug-likeness (QED) is 0.322. The van der Waals surface area contributed by atoms with Gasteiger partial charge in [0.1, 0.15) is 5.92 Å².